The number of pyridine rings is 1. The smallest absolute Gasteiger partial charge is 0.145 e. The highest BCUT2D eigenvalue weighted by atomic mass is 15.0. The maximum absolute atomic E-state index is 4.83. The van der Waals surface area contributed by atoms with Crippen LogP contribution in [0.2, 0.25) is 0 Å². The van der Waals surface area contributed by atoms with E-state index >= 15 is 0 Å². The third-order valence-corrected chi connectivity index (χ3v) is 5.66. The second kappa shape index (κ2) is 4.38. The summed E-state index contributed by atoms with van der Waals surface area (Å²) in [7, 11) is 0. The quantitative estimate of drug-likeness (QED) is 0.418. The summed E-state index contributed by atoms with van der Waals surface area (Å²) in [6.45, 7) is 9.24. The molecule has 2 heteroatoms. The molecule has 0 unspecified atom stereocenters. The van der Waals surface area contributed by atoms with E-state index in [0.29, 0.717) is 5.92 Å². The van der Waals surface area contributed by atoms with Gasteiger partial charge in [0.25, 0.3) is 0 Å². The van der Waals surface area contributed by atoms with Crippen molar-refractivity contribution in [2.24, 2.45) is 0 Å². The molecule has 4 aromatic rings. The third-order valence-electron chi connectivity index (χ3n) is 5.66. The fourth-order valence-corrected chi connectivity index (χ4v) is 4.52. The number of imidazole rings is 1. The van der Waals surface area contributed by atoms with E-state index in [-0.39, 0.29) is 5.41 Å². The largest absolute Gasteiger partial charge is 0.295 e. The minimum atomic E-state index is 0.112. The fraction of sp³-hybridized carbons (Fsp3) is 0.318. The molecule has 0 amide bonds. The van der Waals surface area contributed by atoms with Crippen molar-refractivity contribution in [3.63, 3.8) is 0 Å². The van der Waals surface area contributed by atoms with Crippen molar-refractivity contribution in [3.8, 4) is 0 Å². The molecule has 24 heavy (non-hydrogen) atoms. The van der Waals surface area contributed by atoms with Gasteiger partial charge in [-0.2, -0.15) is 0 Å². The van der Waals surface area contributed by atoms with Crippen LogP contribution in [0.4, 0.5) is 0 Å². The number of nitrogens with zero attached hydrogens (tertiary/aromatic N) is 2. The van der Waals surface area contributed by atoms with Crippen molar-refractivity contribution < 1.29 is 0 Å². The molecule has 2 nitrogen and oxygen atoms in total. The van der Waals surface area contributed by atoms with Crippen LogP contribution in [0, 0.1) is 0 Å². The van der Waals surface area contributed by atoms with Crippen molar-refractivity contribution >= 4 is 27.3 Å². The molecule has 0 bridgehead atoms. The Hall–Kier alpha value is -2.35. The first kappa shape index (κ1) is 14.0. The first-order chi connectivity index (χ1) is 11.5. The van der Waals surface area contributed by atoms with Gasteiger partial charge in [-0.15, -0.1) is 0 Å². The zero-order chi connectivity index (χ0) is 16.6. The summed E-state index contributed by atoms with van der Waals surface area (Å²) in [4.78, 5) is 4.83. The molecule has 120 valence electrons. The van der Waals surface area contributed by atoms with E-state index in [9.17, 15) is 0 Å². The summed E-state index contributed by atoms with van der Waals surface area (Å²) in [6, 6.07) is 13.4. The van der Waals surface area contributed by atoms with Gasteiger partial charge in [-0.05, 0) is 28.9 Å². The van der Waals surface area contributed by atoms with Gasteiger partial charge < -0.3 is 0 Å². The highest BCUT2D eigenvalue weighted by molar-refractivity contribution is 6.14. The summed E-state index contributed by atoms with van der Waals surface area (Å²) >= 11 is 0. The van der Waals surface area contributed by atoms with Gasteiger partial charge in [-0.25, -0.2) is 4.98 Å². The van der Waals surface area contributed by atoms with Crippen LogP contribution in [0.5, 0.6) is 0 Å². The van der Waals surface area contributed by atoms with E-state index in [1.54, 1.807) is 0 Å². The molecular formula is C22H22N2. The number of hydrogen-bond acceptors (Lipinski definition) is 1. The predicted octanol–water partition coefficient (Wildman–Crippen LogP) is 5.60. The lowest BCUT2D eigenvalue weighted by Crippen LogP contribution is -2.27. The molecular weight excluding hydrogens is 292 g/mol. The molecule has 5 rings (SSSR count). The average molecular weight is 314 g/mol. The Morgan fingerprint density at radius 2 is 1.79 bits per heavy atom. The van der Waals surface area contributed by atoms with Crippen molar-refractivity contribution in [1.82, 2.24) is 9.38 Å². The summed E-state index contributed by atoms with van der Waals surface area (Å²) < 4.78 is 2.43. The normalized spacial score (nSPS) is 16.0. The number of fused-ring (bicyclic) bond motifs is 3. The lowest BCUT2D eigenvalue weighted by molar-refractivity contribution is 0.494. The van der Waals surface area contributed by atoms with Gasteiger partial charge in [0, 0.05) is 28.1 Å². The third kappa shape index (κ3) is 1.59. The monoisotopic (exact) mass is 314 g/mol. The lowest BCUT2D eigenvalue weighted by Gasteiger charge is -2.32. The maximum atomic E-state index is 4.83. The van der Waals surface area contributed by atoms with Crippen LogP contribution in [0.1, 0.15) is 50.4 Å². The second-order valence-corrected chi connectivity index (χ2v) is 8.10. The van der Waals surface area contributed by atoms with Crippen LogP contribution >= 0.6 is 0 Å². The molecule has 1 aliphatic rings. The van der Waals surface area contributed by atoms with Crippen LogP contribution in [-0.2, 0) is 11.8 Å². The van der Waals surface area contributed by atoms with Gasteiger partial charge in [0.15, 0.2) is 0 Å². The minimum Gasteiger partial charge on any atom is -0.295 e. The van der Waals surface area contributed by atoms with Gasteiger partial charge >= 0.3 is 0 Å². The highest BCUT2D eigenvalue weighted by Crippen LogP contribution is 2.43. The lowest BCUT2D eigenvalue weighted by atomic mass is 9.78. The van der Waals surface area contributed by atoms with Gasteiger partial charge in [0.2, 0.25) is 0 Å². The first-order valence-corrected chi connectivity index (χ1v) is 8.83. The molecule has 2 aromatic heterocycles. The number of rotatable bonds is 1. The predicted molar refractivity (Wildman–Crippen MR) is 101 cm³/mol. The van der Waals surface area contributed by atoms with Crippen LogP contribution < -0.4 is 0 Å². The van der Waals surface area contributed by atoms with Gasteiger partial charge in [0.1, 0.15) is 5.65 Å². The number of aromatic nitrogens is 2. The minimum absolute atomic E-state index is 0.112. The van der Waals surface area contributed by atoms with E-state index < -0.39 is 0 Å². The van der Waals surface area contributed by atoms with Crippen LogP contribution in [0.3, 0.4) is 0 Å². The first-order valence-electron chi connectivity index (χ1n) is 8.83. The standard InChI is InChI=1S/C22H22N2/c1-13(2)15-10-9-14-11-22(3,4)18-12-23-21-17-8-6-5-7-16(17)19(15)20(14)24(18)21/h5-10,12-13H,11H2,1-4H3. The van der Waals surface area contributed by atoms with E-state index in [1.165, 1.54) is 38.5 Å². The van der Waals surface area contributed by atoms with E-state index in [0.717, 1.165) is 12.1 Å². The molecule has 1 aliphatic heterocycles. The topological polar surface area (TPSA) is 17.3 Å². The van der Waals surface area contributed by atoms with E-state index in [2.05, 4.69) is 74.7 Å². The van der Waals surface area contributed by atoms with Gasteiger partial charge in [-0.1, -0.05) is 64.1 Å². The zero-order valence-electron chi connectivity index (χ0n) is 14.7. The van der Waals surface area contributed by atoms with Crippen molar-refractivity contribution in [2.75, 3.05) is 0 Å². The molecule has 2 aromatic carbocycles. The van der Waals surface area contributed by atoms with Gasteiger partial charge in [0.05, 0.1) is 5.52 Å². The molecule has 0 aliphatic carbocycles. The molecule has 0 saturated carbocycles. The Balaban J connectivity index is 2.18. The van der Waals surface area contributed by atoms with Crippen molar-refractivity contribution in [3.05, 3.63) is 59.4 Å². The Morgan fingerprint density at radius 3 is 2.54 bits per heavy atom. The van der Waals surface area contributed by atoms with E-state index in [4.69, 9.17) is 4.98 Å². The number of benzene rings is 2. The summed E-state index contributed by atoms with van der Waals surface area (Å²) in [5, 5.41) is 4.01. The molecule has 0 radical (unpaired) electrons. The second-order valence-electron chi connectivity index (χ2n) is 8.10. The van der Waals surface area contributed by atoms with E-state index in [1.807, 2.05) is 0 Å². The maximum Gasteiger partial charge on any atom is 0.145 e. The van der Waals surface area contributed by atoms with Crippen LogP contribution in [0.25, 0.3) is 27.3 Å². The van der Waals surface area contributed by atoms with Crippen LogP contribution in [0.15, 0.2) is 42.6 Å². The molecule has 0 N–H and O–H groups in total. The molecule has 0 fully saturated rings. The van der Waals surface area contributed by atoms with Crippen LogP contribution in [-0.4, -0.2) is 9.38 Å². The summed E-state index contributed by atoms with van der Waals surface area (Å²) in [5.74, 6) is 0.502. The molecule has 0 atom stereocenters. The molecule has 0 saturated heterocycles. The zero-order valence-corrected chi connectivity index (χ0v) is 14.7. The number of hydrogen-bond donors (Lipinski definition) is 0. The summed E-state index contributed by atoms with van der Waals surface area (Å²) in [5.41, 5.74) is 6.81. The SMILES string of the molecule is CC(C)c1ccc2c3c1c1ccccc1c1ncc(n13)C(C)(C)C2. The Morgan fingerprint density at radius 1 is 1.04 bits per heavy atom. The Bertz CT molecular complexity index is 1130. The van der Waals surface area contributed by atoms with Gasteiger partial charge in [-0.3, -0.25) is 4.40 Å². The molecule has 3 heterocycles. The Labute approximate surface area is 142 Å². The summed E-state index contributed by atoms with van der Waals surface area (Å²) in [6.07, 6.45) is 3.16. The Kier molecular flexibility index (Phi) is 2.56. The fourth-order valence-electron chi connectivity index (χ4n) is 4.52. The van der Waals surface area contributed by atoms with Crippen molar-refractivity contribution in [2.45, 2.75) is 45.4 Å². The van der Waals surface area contributed by atoms with Crippen molar-refractivity contribution in [1.29, 1.82) is 0 Å². The highest BCUT2D eigenvalue weighted by Gasteiger charge is 2.32. The average Bonchev–Trinajstić information content (AvgIpc) is 3.00. The molecule has 0 spiro atoms.